The van der Waals surface area contributed by atoms with Gasteiger partial charge in [0.25, 0.3) is 0 Å². The van der Waals surface area contributed by atoms with E-state index in [9.17, 15) is 4.79 Å². The molecule has 1 aromatic carbocycles. The Labute approximate surface area is 130 Å². The summed E-state index contributed by atoms with van der Waals surface area (Å²) in [6.45, 7) is 3.49. The molecular weight excluding hydrogens is 299 g/mol. The van der Waals surface area contributed by atoms with E-state index < -0.39 is 0 Å². The quantitative estimate of drug-likeness (QED) is 0.879. The van der Waals surface area contributed by atoms with Gasteiger partial charge in [-0.2, -0.15) is 0 Å². The van der Waals surface area contributed by atoms with E-state index in [1.165, 1.54) is 0 Å². The summed E-state index contributed by atoms with van der Waals surface area (Å²) in [6.07, 6.45) is 1.79. The number of para-hydroxylation sites is 2. The number of hydrogen-bond donors (Lipinski definition) is 2. The largest absolute Gasteiger partial charge is 0.354 e. The first-order valence-corrected chi connectivity index (χ1v) is 6.10. The number of halogens is 2. The van der Waals surface area contributed by atoms with Crippen molar-refractivity contribution in [1.82, 2.24) is 14.9 Å². The Kier molecular flexibility index (Phi) is 8.22. The lowest BCUT2D eigenvalue weighted by Crippen LogP contribution is -2.35. The van der Waals surface area contributed by atoms with Crippen molar-refractivity contribution in [2.75, 3.05) is 13.1 Å². The highest BCUT2D eigenvalue weighted by Crippen LogP contribution is 2.10. The number of aromatic nitrogens is 2. The first kappa shape index (κ1) is 18.7. The van der Waals surface area contributed by atoms with Gasteiger partial charge in [-0.05, 0) is 12.1 Å². The van der Waals surface area contributed by atoms with E-state index in [-0.39, 0.29) is 36.6 Å². The van der Waals surface area contributed by atoms with E-state index in [1.807, 2.05) is 35.8 Å². The molecule has 1 aromatic heterocycles. The molecule has 0 saturated heterocycles. The van der Waals surface area contributed by atoms with E-state index in [2.05, 4.69) is 10.3 Å². The molecule has 2 aromatic rings. The smallest absolute Gasteiger partial charge is 0.224 e. The summed E-state index contributed by atoms with van der Waals surface area (Å²) < 4.78 is 2.03. The maximum atomic E-state index is 11.6. The van der Waals surface area contributed by atoms with Gasteiger partial charge in [0, 0.05) is 25.6 Å². The molecule has 0 bridgehead atoms. The highest BCUT2D eigenvalue weighted by atomic mass is 35.5. The summed E-state index contributed by atoms with van der Waals surface area (Å²) >= 11 is 0. The fourth-order valence-electron chi connectivity index (χ4n) is 1.77. The van der Waals surface area contributed by atoms with E-state index in [1.54, 1.807) is 6.33 Å². The van der Waals surface area contributed by atoms with Crippen molar-refractivity contribution in [1.29, 1.82) is 0 Å². The zero-order chi connectivity index (χ0) is 13.0. The minimum Gasteiger partial charge on any atom is -0.354 e. The van der Waals surface area contributed by atoms with Crippen molar-refractivity contribution in [2.24, 2.45) is 11.7 Å². The van der Waals surface area contributed by atoms with Gasteiger partial charge in [0.05, 0.1) is 17.4 Å². The predicted molar refractivity (Wildman–Crippen MR) is 85.5 cm³/mol. The molecule has 0 fully saturated rings. The summed E-state index contributed by atoms with van der Waals surface area (Å²) in [5.74, 6) is -0.133. The Morgan fingerprint density at radius 1 is 1.40 bits per heavy atom. The third-order valence-electron chi connectivity index (χ3n) is 2.98. The molecule has 0 radical (unpaired) electrons. The number of hydrogen-bond acceptors (Lipinski definition) is 3. The summed E-state index contributed by atoms with van der Waals surface area (Å²) in [4.78, 5) is 15.8. The average Bonchev–Trinajstić information content (AvgIpc) is 2.81. The average molecular weight is 319 g/mol. The Balaban J connectivity index is 0.00000180. The lowest BCUT2D eigenvalue weighted by molar-refractivity contribution is -0.124. The van der Waals surface area contributed by atoms with Gasteiger partial charge in [0.15, 0.2) is 0 Å². The number of imidazole rings is 1. The van der Waals surface area contributed by atoms with Gasteiger partial charge >= 0.3 is 0 Å². The summed E-state index contributed by atoms with van der Waals surface area (Å²) in [5, 5.41) is 2.87. The zero-order valence-corrected chi connectivity index (χ0v) is 12.9. The monoisotopic (exact) mass is 318 g/mol. The maximum Gasteiger partial charge on any atom is 0.224 e. The summed E-state index contributed by atoms with van der Waals surface area (Å²) in [6, 6.07) is 7.94. The second kappa shape index (κ2) is 8.79. The first-order chi connectivity index (χ1) is 8.72. The van der Waals surface area contributed by atoms with Gasteiger partial charge in [-0.3, -0.25) is 4.79 Å². The zero-order valence-electron chi connectivity index (χ0n) is 11.3. The standard InChI is InChI=1S/C13H18N4O.2ClH/c1-10(8-14)13(18)15-6-7-17-9-16-11-4-2-3-5-12(11)17;;/h2-5,9-10H,6-8,14H2,1H3,(H,15,18);2*1H. The van der Waals surface area contributed by atoms with Gasteiger partial charge in [-0.25, -0.2) is 4.98 Å². The molecule has 112 valence electrons. The summed E-state index contributed by atoms with van der Waals surface area (Å²) in [5.41, 5.74) is 7.49. The normalized spacial score (nSPS) is 11.3. The molecule has 2 rings (SSSR count). The number of amides is 1. The van der Waals surface area contributed by atoms with Crippen LogP contribution in [0.5, 0.6) is 0 Å². The SMILES string of the molecule is CC(CN)C(=O)NCCn1cnc2ccccc21.Cl.Cl. The van der Waals surface area contributed by atoms with Crippen molar-refractivity contribution in [3.63, 3.8) is 0 Å². The molecule has 1 unspecified atom stereocenters. The van der Waals surface area contributed by atoms with Crippen LogP contribution in [0.15, 0.2) is 30.6 Å². The minimum atomic E-state index is -0.135. The van der Waals surface area contributed by atoms with Crippen LogP contribution in [0.4, 0.5) is 0 Å². The highest BCUT2D eigenvalue weighted by molar-refractivity contribution is 5.85. The fraction of sp³-hybridized carbons (Fsp3) is 0.385. The Bertz CT molecular complexity index is 544. The van der Waals surface area contributed by atoms with Crippen LogP contribution in [0.3, 0.4) is 0 Å². The Morgan fingerprint density at radius 2 is 2.10 bits per heavy atom. The van der Waals surface area contributed by atoms with Gasteiger partial charge < -0.3 is 15.6 Å². The molecule has 1 atom stereocenters. The summed E-state index contributed by atoms with van der Waals surface area (Å²) in [7, 11) is 0. The molecule has 0 aliphatic carbocycles. The Morgan fingerprint density at radius 3 is 2.80 bits per heavy atom. The molecule has 1 heterocycles. The second-order valence-corrected chi connectivity index (χ2v) is 4.35. The molecule has 1 amide bonds. The van der Waals surface area contributed by atoms with Crippen LogP contribution in [0.25, 0.3) is 11.0 Å². The molecule has 7 heteroatoms. The number of carbonyl (C=O) groups is 1. The van der Waals surface area contributed by atoms with Crippen LogP contribution < -0.4 is 11.1 Å². The maximum absolute atomic E-state index is 11.6. The van der Waals surface area contributed by atoms with E-state index in [4.69, 9.17) is 5.73 Å². The van der Waals surface area contributed by atoms with Crippen molar-refractivity contribution >= 4 is 41.8 Å². The molecule has 3 N–H and O–H groups in total. The van der Waals surface area contributed by atoms with Crippen molar-refractivity contribution < 1.29 is 4.79 Å². The molecule has 0 spiro atoms. The number of nitrogens with two attached hydrogens (primary N) is 1. The number of fused-ring (bicyclic) bond motifs is 1. The lowest BCUT2D eigenvalue weighted by atomic mass is 10.2. The number of nitrogens with one attached hydrogen (secondary N) is 1. The lowest BCUT2D eigenvalue weighted by Gasteiger charge is -2.10. The first-order valence-electron chi connectivity index (χ1n) is 6.10. The minimum absolute atomic E-state index is 0. The third-order valence-corrected chi connectivity index (χ3v) is 2.98. The second-order valence-electron chi connectivity index (χ2n) is 4.35. The van der Waals surface area contributed by atoms with E-state index >= 15 is 0 Å². The molecule has 0 saturated carbocycles. The van der Waals surface area contributed by atoms with Gasteiger partial charge in [-0.1, -0.05) is 19.1 Å². The van der Waals surface area contributed by atoms with Gasteiger partial charge in [0.2, 0.25) is 5.91 Å². The molecule has 5 nitrogen and oxygen atoms in total. The molecule has 0 aliphatic heterocycles. The molecule has 20 heavy (non-hydrogen) atoms. The van der Waals surface area contributed by atoms with E-state index in [0.717, 1.165) is 11.0 Å². The van der Waals surface area contributed by atoms with Crippen LogP contribution in [-0.2, 0) is 11.3 Å². The number of carbonyl (C=O) groups excluding carboxylic acids is 1. The van der Waals surface area contributed by atoms with Gasteiger partial charge in [0.1, 0.15) is 0 Å². The number of nitrogens with zero attached hydrogens (tertiary/aromatic N) is 2. The van der Waals surface area contributed by atoms with Crippen molar-refractivity contribution in [3.8, 4) is 0 Å². The predicted octanol–water partition coefficient (Wildman–Crippen LogP) is 1.59. The topological polar surface area (TPSA) is 72.9 Å². The van der Waals surface area contributed by atoms with Crippen LogP contribution >= 0.6 is 24.8 Å². The van der Waals surface area contributed by atoms with Crippen molar-refractivity contribution in [2.45, 2.75) is 13.5 Å². The van der Waals surface area contributed by atoms with Crippen LogP contribution in [-0.4, -0.2) is 28.5 Å². The van der Waals surface area contributed by atoms with Gasteiger partial charge in [-0.15, -0.1) is 24.8 Å². The van der Waals surface area contributed by atoms with E-state index in [0.29, 0.717) is 19.6 Å². The third kappa shape index (κ3) is 4.37. The number of benzene rings is 1. The van der Waals surface area contributed by atoms with Crippen LogP contribution in [0.1, 0.15) is 6.92 Å². The Hall–Kier alpha value is -1.30. The fourth-order valence-corrected chi connectivity index (χ4v) is 1.77. The van der Waals surface area contributed by atoms with Crippen molar-refractivity contribution in [3.05, 3.63) is 30.6 Å². The number of rotatable bonds is 5. The van der Waals surface area contributed by atoms with Crippen LogP contribution in [0.2, 0.25) is 0 Å². The molecular formula is C13H20Cl2N4O. The van der Waals surface area contributed by atoms with Crippen LogP contribution in [0, 0.1) is 5.92 Å². The molecule has 0 aliphatic rings. The highest BCUT2D eigenvalue weighted by Gasteiger charge is 2.09.